The topological polar surface area (TPSA) is 107 Å². The minimum Gasteiger partial charge on any atom is -0.494 e. The molecule has 4 aromatic rings. The average Bonchev–Trinajstić information content (AvgIpc) is 3.43. The lowest BCUT2D eigenvalue weighted by atomic mass is 9.98. The van der Waals surface area contributed by atoms with E-state index in [0.717, 1.165) is 5.56 Å². The van der Waals surface area contributed by atoms with Crippen molar-refractivity contribution in [2.24, 2.45) is 0 Å². The molecule has 0 spiro atoms. The van der Waals surface area contributed by atoms with Crippen LogP contribution in [0.25, 0.3) is 17.1 Å². The summed E-state index contributed by atoms with van der Waals surface area (Å²) in [5.41, 5.74) is 0.666. The Morgan fingerprint density at radius 1 is 1.08 bits per heavy atom. The number of aromatic hydroxyl groups is 1. The fourth-order valence-corrected chi connectivity index (χ4v) is 4.99. The van der Waals surface area contributed by atoms with E-state index in [4.69, 9.17) is 9.47 Å². The van der Waals surface area contributed by atoms with Gasteiger partial charge in [0.1, 0.15) is 23.0 Å². The standard InChI is InChI=1S/C29H27FN4O5/c1-17-13-19(15-31-14-17)26-32-27(35)24(29(37)34(26)25-22(38-2)9-6-10-23(25)39-3)28(36)33-12-11-18(16-33)20-7-4-5-8-21(20)30/h4-10,13-15,18,35H,11-12,16H2,1-3H3. The summed E-state index contributed by atoms with van der Waals surface area (Å²) in [4.78, 5) is 37.8. The molecule has 1 amide bonds. The van der Waals surface area contributed by atoms with Gasteiger partial charge in [0.15, 0.2) is 11.4 Å². The number of rotatable bonds is 6. The average molecular weight is 531 g/mol. The maximum absolute atomic E-state index is 14.4. The van der Waals surface area contributed by atoms with Crippen LogP contribution in [0.5, 0.6) is 17.4 Å². The number of para-hydroxylation sites is 1. The molecule has 0 bridgehead atoms. The minimum atomic E-state index is -0.804. The molecule has 10 heteroatoms. The Labute approximate surface area is 224 Å². The summed E-state index contributed by atoms with van der Waals surface area (Å²) in [5.74, 6) is -1.34. The van der Waals surface area contributed by atoms with Crippen LogP contribution in [0, 0.1) is 12.7 Å². The molecule has 1 aliphatic rings. The Hall–Kier alpha value is -4.73. The second-order valence-corrected chi connectivity index (χ2v) is 9.29. The van der Waals surface area contributed by atoms with Crippen molar-refractivity contribution in [3.8, 4) is 34.5 Å². The molecule has 2 aromatic heterocycles. The molecule has 200 valence electrons. The van der Waals surface area contributed by atoms with Crippen LogP contribution >= 0.6 is 0 Å². The Kier molecular flexibility index (Phi) is 7.02. The molecule has 9 nitrogen and oxygen atoms in total. The van der Waals surface area contributed by atoms with Gasteiger partial charge in [0, 0.05) is 37.0 Å². The van der Waals surface area contributed by atoms with Crippen LogP contribution in [-0.4, -0.2) is 57.8 Å². The lowest BCUT2D eigenvalue weighted by Gasteiger charge is -2.21. The van der Waals surface area contributed by atoms with Crippen LogP contribution in [0.3, 0.4) is 0 Å². The van der Waals surface area contributed by atoms with Crippen LogP contribution in [0.1, 0.15) is 33.8 Å². The van der Waals surface area contributed by atoms with E-state index in [0.29, 0.717) is 29.0 Å². The molecule has 1 aliphatic heterocycles. The van der Waals surface area contributed by atoms with E-state index in [1.54, 1.807) is 48.7 Å². The number of benzene rings is 2. The minimum absolute atomic E-state index is 0.0544. The lowest BCUT2D eigenvalue weighted by molar-refractivity contribution is 0.0784. The third-order valence-electron chi connectivity index (χ3n) is 6.86. The quantitative estimate of drug-likeness (QED) is 0.400. The van der Waals surface area contributed by atoms with E-state index in [2.05, 4.69) is 9.97 Å². The van der Waals surface area contributed by atoms with Gasteiger partial charge in [0.05, 0.1) is 14.2 Å². The second kappa shape index (κ2) is 10.6. The Bertz CT molecular complexity index is 1600. The maximum Gasteiger partial charge on any atom is 0.275 e. The number of methoxy groups -OCH3 is 2. The van der Waals surface area contributed by atoms with Gasteiger partial charge in [-0.25, -0.2) is 4.39 Å². The first-order valence-corrected chi connectivity index (χ1v) is 12.4. The summed E-state index contributed by atoms with van der Waals surface area (Å²) in [5, 5.41) is 11.0. The monoisotopic (exact) mass is 530 g/mol. The zero-order valence-electron chi connectivity index (χ0n) is 21.7. The van der Waals surface area contributed by atoms with Crippen LogP contribution in [0.2, 0.25) is 0 Å². The SMILES string of the molecule is COc1cccc(OC)c1-n1c(-c2cncc(C)c2)nc(O)c(C(=O)N2CCC(c3ccccc3F)C2)c1=O. The third-order valence-corrected chi connectivity index (χ3v) is 6.86. The lowest BCUT2D eigenvalue weighted by Crippen LogP contribution is -2.36. The number of ether oxygens (including phenoxy) is 2. The smallest absolute Gasteiger partial charge is 0.275 e. The van der Waals surface area contributed by atoms with Crippen LogP contribution in [0.4, 0.5) is 4.39 Å². The molecular weight excluding hydrogens is 503 g/mol. The van der Waals surface area contributed by atoms with E-state index < -0.39 is 22.9 Å². The van der Waals surface area contributed by atoms with Gasteiger partial charge >= 0.3 is 0 Å². The van der Waals surface area contributed by atoms with E-state index >= 15 is 0 Å². The van der Waals surface area contributed by atoms with Crippen molar-refractivity contribution in [3.63, 3.8) is 0 Å². The van der Waals surface area contributed by atoms with Crippen molar-refractivity contribution in [2.75, 3.05) is 27.3 Å². The highest BCUT2D eigenvalue weighted by molar-refractivity contribution is 5.96. The van der Waals surface area contributed by atoms with Gasteiger partial charge < -0.3 is 19.5 Å². The molecule has 2 aromatic carbocycles. The first-order chi connectivity index (χ1) is 18.8. The van der Waals surface area contributed by atoms with Crippen molar-refractivity contribution in [2.45, 2.75) is 19.3 Å². The fourth-order valence-electron chi connectivity index (χ4n) is 4.99. The van der Waals surface area contributed by atoms with Gasteiger partial charge in [0.25, 0.3) is 11.5 Å². The maximum atomic E-state index is 14.4. The van der Waals surface area contributed by atoms with Crippen LogP contribution in [-0.2, 0) is 0 Å². The highest BCUT2D eigenvalue weighted by Gasteiger charge is 2.34. The van der Waals surface area contributed by atoms with Gasteiger partial charge in [-0.15, -0.1) is 0 Å². The number of aryl methyl sites for hydroxylation is 1. The van der Waals surface area contributed by atoms with E-state index in [9.17, 15) is 19.1 Å². The van der Waals surface area contributed by atoms with Crippen molar-refractivity contribution in [1.29, 1.82) is 0 Å². The number of carbonyl (C=O) groups excluding carboxylic acids is 1. The van der Waals surface area contributed by atoms with Gasteiger partial charge in [-0.05, 0) is 48.7 Å². The number of hydrogen-bond acceptors (Lipinski definition) is 7. The normalized spacial score (nSPS) is 14.9. The van der Waals surface area contributed by atoms with Crippen molar-refractivity contribution in [1.82, 2.24) is 19.4 Å². The molecule has 1 fully saturated rings. The third kappa shape index (κ3) is 4.69. The molecule has 5 rings (SSSR count). The number of aromatic nitrogens is 3. The number of amides is 1. The predicted molar refractivity (Wildman–Crippen MR) is 142 cm³/mol. The second-order valence-electron chi connectivity index (χ2n) is 9.29. The summed E-state index contributed by atoms with van der Waals surface area (Å²) >= 11 is 0. The van der Waals surface area contributed by atoms with Crippen molar-refractivity contribution >= 4 is 5.91 Å². The molecule has 1 unspecified atom stereocenters. The molecule has 0 saturated carbocycles. The summed E-state index contributed by atoms with van der Waals surface area (Å²) in [6.45, 7) is 2.32. The van der Waals surface area contributed by atoms with Gasteiger partial charge in [-0.1, -0.05) is 24.3 Å². The number of halogens is 1. The zero-order chi connectivity index (χ0) is 27.7. The van der Waals surface area contributed by atoms with E-state index in [1.165, 1.54) is 35.9 Å². The molecule has 1 N–H and O–H groups in total. The van der Waals surface area contributed by atoms with Crippen molar-refractivity contribution < 1.29 is 23.8 Å². The summed E-state index contributed by atoms with van der Waals surface area (Å²) in [7, 11) is 2.90. The number of hydrogen-bond donors (Lipinski definition) is 1. The van der Waals surface area contributed by atoms with Crippen LogP contribution < -0.4 is 15.0 Å². The van der Waals surface area contributed by atoms with Crippen LogP contribution in [0.15, 0.2) is 65.7 Å². The highest BCUT2D eigenvalue weighted by Crippen LogP contribution is 2.36. The first-order valence-electron chi connectivity index (χ1n) is 12.4. The summed E-state index contributed by atoms with van der Waals surface area (Å²) in [6.07, 6.45) is 3.67. The van der Waals surface area contributed by atoms with E-state index in [-0.39, 0.29) is 36.3 Å². The first kappa shape index (κ1) is 25.9. The molecule has 1 atom stereocenters. The number of nitrogens with zero attached hydrogens (tertiary/aromatic N) is 4. The van der Waals surface area contributed by atoms with Gasteiger partial charge in [-0.2, -0.15) is 4.98 Å². The number of likely N-dealkylation sites (tertiary alicyclic amines) is 1. The van der Waals surface area contributed by atoms with E-state index in [1.807, 2.05) is 6.92 Å². The predicted octanol–water partition coefficient (Wildman–Crippen LogP) is 4.09. The Morgan fingerprint density at radius 3 is 2.46 bits per heavy atom. The molecular formula is C29H27FN4O5. The molecule has 0 aliphatic carbocycles. The molecule has 0 radical (unpaired) electrons. The summed E-state index contributed by atoms with van der Waals surface area (Å²) < 4.78 is 26.7. The largest absolute Gasteiger partial charge is 0.494 e. The number of carbonyl (C=O) groups is 1. The zero-order valence-corrected chi connectivity index (χ0v) is 21.7. The molecule has 1 saturated heterocycles. The van der Waals surface area contributed by atoms with Gasteiger partial charge in [-0.3, -0.25) is 19.1 Å². The van der Waals surface area contributed by atoms with Gasteiger partial charge in [0.2, 0.25) is 5.88 Å². The Balaban J connectivity index is 1.67. The number of pyridine rings is 1. The molecule has 39 heavy (non-hydrogen) atoms. The summed E-state index contributed by atoms with van der Waals surface area (Å²) in [6, 6.07) is 13.2. The molecule has 3 heterocycles. The Morgan fingerprint density at radius 2 is 1.79 bits per heavy atom. The van der Waals surface area contributed by atoms with Crippen molar-refractivity contribution in [3.05, 3.63) is 93.8 Å². The fraction of sp³-hybridized carbons (Fsp3) is 0.241. The highest BCUT2D eigenvalue weighted by atomic mass is 19.1.